The largest absolute Gasteiger partial charge is 0.394 e. The van der Waals surface area contributed by atoms with Crippen LogP contribution in [-0.4, -0.2) is 140 Å². The van der Waals surface area contributed by atoms with Crippen molar-refractivity contribution in [1.29, 1.82) is 0 Å². The first-order valence-corrected chi connectivity index (χ1v) is 40.0. The molecule has 0 saturated carbocycles. The first kappa shape index (κ1) is 88.8. The smallest absolute Gasteiger partial charge is 0.220 e. The molecule has 2 heterocycles. The average molecular weight is 1350 g/mol. The van der Waals surface area contributed by atoms with E-state index in [0.717, 1.165) is 44.9 Å². The van der Waals surface area contributed by atoms with Crippen molar-refractivity contribution >= 4 is 5.91 Å². The van der Waals surface area contributed by atoms with E-state index in [1.165, 1.54) is 276 Å². The maximum absolute atomic E-state index is 13.4. The number of allylic oxidation sites excluding steroid dienone is 9. The van der Waals surface area contributed by atoms with Crippen LogP contribution in [0.1, 0.15) is 354 Å². The van der Waals surface area contributed by atoms with Crippen molar-refractivity contribution < 1.29 is 64.6 Å². The highest BCUT2D eigenvalue weighted by Gasteiger charge is 2.51. The molecule has 2 fully saturated rings. The fourth-order valence-corrected chi connectivity index (χ4v) is 13.1. The lowest BCUT2D eigenvalue weighted by Gasteiger charge is -2.46. The fraction of sp³-hybridized carbons (Fsp3) is 0.864. The molecule has 2 rings (SSSR count). The van der Waals surface area contributed by atoms with E-state index >= 15 is 0 Å². The summed E-state index contributed by atoms with van der Waals surface area (Å²) in [5.41, 5.74) is 0. The second kappa shape index (κ2) is 65.0. The van der Waals surface area contributed by atoms with E-state index in [4.69, 9.17) is 18.9 Å². The summed E-state index contributed by atoms with van der Waals surface area (Å²) in [6, 6.07) is -0.932. The summed E-state index contributed by atoms with van der Waals surface area (Å²) in [4.78, 5) is 13.4. The summed E-state index contributed by atoms with van der Waals surface area (Å²) in [5.74, 6) is -0.243. The van der Waals surface area contributed by atoms with Crippen LogP contribution >= 0.6 is 0 Å². The van der Waals surface area contributed by atoms with E-state index in [-0.39, 0.29) is 18.9 Å². The van der Waals surface area contributed by atoms with Gasteiger partial charge in [0.05, 0.1) is 32.0 Å². The van der Waals surface area contributed by atoms with Crippen LogP contribution in [0.2, 0.25) is 0 Å². The van der Waals surface area contributed by atoms with Crippen LogP contribution in [0.5, 0.6) is 0 Å². The number of ether oxygens (including phenoxy) is 4. The second-order valence-electron chi connectivity index (χ2n) is 28.2. The van der Waals surface area contributed by atoms with Crippen LogP contribution in [0.4, 0.5) is 0 Å². The molecule has 2 aliphatic heterocycles. The molecule has 0 radical (unpaired) electrons. The van der Waals surface area contributed by atoms with Gasteiger partial charge < -0.3 is 65.1 Å². The van der Waals surface area contributed by atoms with Gasteiger partial charge in [0.25, 0.3) is 0 Å². The molecule has 0 aromatic rings. The lowest BCUT2D eigenvalue weighted by molar-refractivity contribution is -0.359. The Morgan fingerprint density at radius 3 is 1.11 bits per heavy atom. The third kappa shape index (κ3) is 48.2. The van der Waals surface area contributed by atoms with Crippen LogP contribution < -0.4 is 5.32 Å². The number of hydrogen-bond donors (Lipinski definition) is 9. The molecule has 2 saturated heterocycles. The van der Waals surface area contributed by atoms with Crippen molar-refractivity contribution in [2.45, 2.75) is 428 Å². The molecule has 556 valence electrons. The first-order chi connectivity index (χ1) is 46.6. The topological polar surface area (TPSA) is 228 Å². The van der Waals surface area contributed by atoms with Crippen LogP contribution in [0.15, 0.2) is 60.8 Å². The molecular formula is C81H149NO13. The van der Waals surface area contributed by atoms with Crippen molar-refractivity contribution in [3.05, 3.63) is 60.8 Å². The molecule has 14 nitrogen and oxygen atoms in total. The third-order valence-electron chi connectivity index (χ3n) is 19.4. The van der Waals surface area contributed by atoms with Gasteiger partial charge in [0.1, 0.15) is 48.8 Å². The van der Waals surface area contributed by atoms with Crippen molar-refractivity contribution in [2.24, 2.45) is 0 Å². The zero-order chi connectivity index (χ0) is 68.7. The molecule has 2 aliphatic rings. The molecule has 0 aromatic carbocycles. The van der Waals surface area contributed by atoms with Gasteiger partial charge in [-0.15, -0.1) is 0 Å². The van der Waals surface area contributed by atoms with Gasteiger partial charge in [-0.3, -0.25) is 4.79 Å². The Hall–Kier alpha value is -2.31. The van der Waals surface area contributed by atoms with Gasteiger partial charge in [0.2, 0.25) is 5.91 Å². The molecule has 0 aromatic heterocycles. The number of nitrogens with one attached hydrogen (secondary N) is 1. The number of aliphatic hydroxyl groups excluding tert-OH is 8. The summed E-state index contributed by atoms with van der Waals surface area (Å²) >= 11 is 0. The predicted molar refractivity (Wildman–Crippen MR) is 392 cm³/mol. The van der Waals surface area contributed by atoms with Crippen LogP contribution in [0, 0.1) is 0 Å². The molecule has 1 amide bonds. The average Bonchev–Trinajstić information content (AvgIpc) is 0.897. The van der Waals surface area contributed by atoms with E-state index in [1.54, 1.807) is 6.08 Å². The van der Waals surface area contributed by atoms with E-state index in [9.17, 15) is 45.6 Å². The van der Waals surface area contributed by atoms with Gasteiger partial charge in [-0.2, -0.15) is 0 Å². The number of aliphatic hydroxyl groups is 8. The van der Waals surface area contributed by atoms with E-state index in [0.29, 0.717) is 12.8 Å². The van der Waals surface area contributed by atoms with Gasteiger partial charge >= 0.3 is 0 Å². The molecule has 0 spiro atoms. The molecule has 14 heteroatoms. The van der Waals surface area contributed by atoms with Gasteiger partial charge in [0.15, 0.2) is 12.6 Å². The van der Waals surface area contributed by atoms with Crippen molar-refractivity contribution in [3.63, 3.8) is 0 Å². The molecule has 95 heavy (non-hydrogen) atoms. The molecule has 12 atom stereocenters. The lowest BCUT2D eigenvalue weighted by atomic mass is 9.97. The van der Waals surface area contributed by atoms with Crippen molar-refractivity contribution in [2.75, 3.05) is 19.8 Å². The zero-order valence-corrected chi connectivity index (χ0v) is 60.9. The summed E-state index contributed by atoms with van der Waals surface area (Å²) in [7, 11) is 0. The molecule has 9 N–H and O–H groups in total. The summed E-state index contributed by atoms with van der Waals surface area (Å²) in [6.45, 7) is 2.81. The number of hydrogen-bond acceptors (Lipinski definition) is 13. The zero-order valence-electron chi connectivity index (χ0n) is 60.9. The Bertz CT molecular complexity index is 1830. The maximum atomic E-state index is 13.4. The van der Waals surface area contributed by atoms with Crippen molar-refractivity contribution in [3.8, 4) is 0 Å². The number of carbonyl (C=O) groups excluding carboxylic acids is 1. The van der Waals surface area contributed by atoms with Crippen LogP contribution in [-0.2, 0) is 23.7 Å². The molecular weight excluding hydrogens is 1190 g/mol. The Kier molecular flexibility index (Phi) is 60.8. The quantitative estimate of drug-likeness (QED) is 0.0204. The monoisotopic (exact) mass is 1340 g/mol. The Labute approximate surface area is 581 Å². The number of amides is 1. The molecule has 0 bridgehead atoms. The Morgan fingerprint density at radius 2 is 0.705 bits per heavy atom. The minimum absolute atomic E-state index is 0.243. The highest BCUT2D eigenvalue weighted by Crippen LogP contribution is 2.30. The summed E-state index contributed by atoms with van der Waals surface area (Å²) in [5, 5.41) is 87.5. The van der Waals surface area contributed by atoms with Gasteiger partial charge in [-0.05, 0) is 70.6 Å². The second-order valence-corrected chi connectivity index (χ2v) is 28.2. The predicted octanol–water partition coefficient (Wildman–Crippen LogP) is 18.0. The minimum atomic E-state index is -1.79. The highest BCUT2D eigenvalue weighted by molar-refractivity contribution is 5.76. The minimum Gasteiger partial charge on any atom is -0.394 e. The van der Waals surface area contributed by atoms with Crippen molar-refractivity contribution in [1.82, 2.24) is 5.32 Å². The number of carbonyl (C=O) groups is 1. The van der Waals surface area contributed by atoms with Gasteiger partial charge in [-0.1, -0.05) is 338 Å². The van der Waals surface area contributed by atoms with Crippen LogP contribution in [0.3, 0.4) is 0 Å². The van der Waals surface area contributed by atoms with Gasteiger partial charge in [0, 0.05) is 6.42 Å². The maximum Gasteiger partial charge on any atom is 0.220 e. The standard InChI is InChI=1S/C81H149NO13/c1-3-5-7-9-11-13-15-17-19-21-23-25-26-27-28-29-30-31-32-33-34-35-36-37-38-39-40-41-42-43-44-45-47-49-51-53-55-57-59-61-63-65-73(86)82-69(70(85)64-62-60-58-56-54-52-50-48-46-24-22-20-18-16-14-12-10-8-6-4-2)68-92-80-78(91)76(89)79(72(67-84)94-80)95-81-77(90)75(88)74(87)71(66-83)93-81/h15,17,21,23,26-27,54,56,62,64,69-72,74-81,83-85,87-91H,3-14,16,18-20,22,24-25,28-53,55,57-61,63,65-68H2,1-2H3,(H,82,86)/b17-15-,23-21-,27-26-,56-54+,64-62+. The SMILES string of the molecule is CCCCCCC/C=C\C/C=C\C/C=C\CCCCCCCCCCCCCCCCCCCCCCCCCCCCC(=O)NC(COC1OC(CO)C(OC2OC(CO)C(O)C(O)C2O)C(O)C1O)C(O)/C=C/CC/C=C/CCCCCCCCCCCCCCCC. The number of unbranched alkanes of at least 4 members (excludes halogenated alkanes) is 46. The first-order valence-electron chi connectivity index (χ1n) is 40.0. The van der Waals surface area contributed by atoms with E-state index in [1.807, 2.05) is 6.08 Å². The number of rotatable bonds is 67. The molecule has 12 unspecified atom stereocenters. The Morgan fingerprint density at radius 1 is 0.379 bits per heavy atom. The summed E-state index contributed by atoms with van der Waals surface area (Å²) < 4.78 is 22.9. The van der Waals surface area contributed by atoms with E-state index in [2.05, 4.69) is 67.8 Å². The molecule has 0 aliphatic carbocycles. The Balaban J connectivity index is 1.56. The normalized spacial score (nSPS) is 22.6. The van der Waals surface area contributed by atoms with Gasteiger partial charge in [-0.25, -0.2) is 0 Å². The lowest BCUT2D eigenvalue weighted by Crippen LogP contribution is -2.65. The fourth-order valence-electron chi connectivity index (χ4n) is 13.1. The van der Waals surface area contributed by atoms with E-state index < -0.39 is 86.8 Å². The highest BCUT2D eigenvalue weighted by atomic mass is 16.7. The van der Waals surface area contributed by atoms with Crippen LogP contribution in [0.25, 0.3) is 0 Å². The third-order valence-corrected chi connectivity index (χ3v) is 19.4. The summed E-state index contributed by atoms with van der Waals surface area (Å²) in [6.07, 6.45) is 71.8.